The predicted octanol–water partition coefficient (Wildman–Crippen LogP) is 1.70. The first-order valence-corrected chi connectivity index (χ1v) is 5.84. The normalized spacial score (nSPS) is 11.2. The summed E-state index contributed by atoms with van der Waals surface area (Å²) in [6, 6.07) is 4.57. The number of carbonyl (C=O) groups is 2. The van der Waals surface area contributed by atoms with Crippen LogP contribution in [-0.4, -0.2) is 37.7 Å². The van der Waals surface area contributed by atoms with Gasteiger partial charge in [-0.05, 0) is 24.3 Å². The van der Waals surface area contributed by atoms with Crippen LogP contribution in [0.4, 0.5) is 22.0 Å². The van der Waals surface area contributed by atoms with E-state index in [1.807, 2.05) is 0 Å². The summed E-state index contributed by atoms with van der Waals surface area (Å²) in [4.78, 5) is 22.7. The third-order valence-electron chi connectivity index (χ3n) is 2.24. The second kappa shape index (κ2) is 7.57. The standard InChI is InChI=1S/C12H11F5N2O3/c13-11(14)22-8-3-1-7(2-4-8)10(21)18-5-9(20)19-6-12(15,16)17/h1-4,11H,5-6H2,(H,18,21)(H,19,20). The van der Waals surface area contributed by atoms with E-state index >= 15 is 0 Å². The number of halogens is 5. The molecule has 0 atom stereocenters. The van der Waals surface area contributed by atoms with E-state index in [2.05, 4.69) is 10.1 Å². The Morgan fingerprint density at radius 1 is 1.09 bits per heavy atom. The van der Waals surface area contributed by atoms with Crippen molar-refractivity contribution in [2.75, 3.05) is 13.1 Å². The highest BCUT2D eigenvalue weighted by Crippen LogP contribution is 2.15. The molecular weight excluding hydrogens is 315 g/mol. The second-order valence-corrected chi connectivity index (χ2v) is 3.98. The molecule has 0 aliphatic rings. The van der Waals surface area contributed by atoms with Gasteiger partial charge in [-0.2, -0.15) is 22.0 Å². The predicted molar refractivity (Wildman–Crippen MR) is 64.5 cm³/mol. The minimum absolute atomic E-state index is 0.0326. The first kappa shape index (κ1) is 17.7. The number of amides is 2. The van der Waals surface area contributed by atoms with Crippen LogP contribution in [0.15, 0.2) is 24.3 Å². The molecule has 0 heterocycles. The molecule has 22 heavy (non-hydrogen) atoms. The Morgan fingerprint density at radius 3 is 2.18 bits per heavy atom. The molecule has 0 saturated carbocycles. The maximum absolute atomic E-state index is 11.9. The van der Waals surface area contributed by atoms with Crippen LogP contribution in [0.25, 0.3) is 0 Å². The molecule has 0 unspecified atom stereocenters. The number of nitrogens with one attached hydrogen (secondary N) is 2. The number of rotatable bonds is 6. The van der Waals surface area contributed by atoms with Crippen molar-refractivity contribution < 1.29 is 36.3 Å². The van der Waals surface area contributed by atoms with Gasteiger partial charge in [-0.25, -0.2) is 0 Å². The van der Waals surface area contributed by atoms with Crippen molar-refractivity contribution in [1.29, 1.82) is 0 Å². The smallest absolute Gasteiger partial charge is 0.405 e. The molecule has 0 radical (unpaired) electrons. The lowest BCUT2D eigenvalue weighted by Crippen LogP contribution is -2.40. The first-order chi connectivity index (χ1) is 10.2. The van der Waals surface area contributed by atoms with Gasteiger partial charge < -0.3 is 15.4 Å². The van der Waals surface area contributed by atoms with Crippen LogP contribution < -0.4 is 15.4 Å². The first-order valence-electron chi connectivity index (χ1n) is 5.84. The zero-order valence-corrected chi connectivity index (χ0v) is 10.9. The van der Waals surface area contributed by atoms with Gasteiger partial charge in [0.25, 0.3) is 5.91 Å². The number of hydrogen-bond donors (Lipinski definition) is 2. The monoisotopic (exact) mass is 326 g/mol. The third kappa shape index (κ3) is 6.86. The molecular formula is C12H11F5N2O3. The molecule has 2 N–H and O–H groups in total. The van der Waals surface area contributed by atoms with E-state index in [4.69, 9.17) is 0 Å². The van der Waals surface area contributed by atoms with Crippen molar-refractivity contribution in [3.63, 3.8) is 0 Å². The molecule has 0 fully saturated rings. The lowest BCUT2D eigenvalue weighted by Gasteiger charge is -2.09. The summed E-state index contributed by atoms with van der Waals surface area (Å²) in [5.41, 5.74) is 0.0326. The molecule has 0 aliphatic carbocycles. The minimum atomic E-state index is -4.54. The summed E-state index contributed by atoms with van der Waals surface area (Å²) in [6.07, 6.45) is -4.54. The number of carbonyl (C=O) groups excluding carboxylic acids is 2. The summed E-state index contributed by atoms with van der Waals surface area (Å²) in [5, 5.41) is 3.67. The lowest BCUT2D eigenvalue weighted by atomic mass is 10.2. The van der Waals surface area contributed by atoms with Crippen molar-refractivity contribution >= 4 is 11.8 Å². The SMILES string of the molecule is O=C(CNC(=O)c1ccc(OC(F)F)cc1)NCC(F)(F)F. The molecule has 10 heteroatoms. The number of alkyl halides is 5. The molecule has 1 aromatic rings. The highest BCUT2D eigenvalue weighted by atomic mass is 19.4. The van der Waals surface area contributed by atoms with Crippen LogP contribution in [0.1, 0.15) is 10.4 Å². The quantitative estimate of drug-likeness (QED) is 0.782. The fraction of sp³-hybridized carbons (Fsp3) is 0.333. The molecule has 0 spiro atoms. The van der Waals surface area contributed by atoms with Gasteiger partial charge in [-0.3, -0.25) is 9.59 Å². The maximum atomic E-state index is 11.9. The molecule has 2 amide bonds. The number of ether oxygens (including phenoxy) is 1. The third-order valence-corrected chi connectivity index (χ3v) is 2.24. The van der Waals surface area contributed by atoms with E-state index in [1.165, 1.54) is 12.1 Å². The topological polar surface area (TPSA) is 67.4 Å². The van der Waals surface area contributed by atoms with Crippen LogP contribution in [-0.2, 0) is 4.79 Å². The highest BCUT2D eigenvalue weighted by Gasteiger charge is 2.27. The van der Waals surface area contributed by atoms with Gasteiger partial charge in [0.15, 0.2) is 0 Å². The van der Waals surface area contributed by atoms with E-state index in [-0.39, 0.29) is 11.3 Å². The summed E-state index contributed by atoms with van der Waals surface area (Å²) >= 11 is 0. The average molecular weight is 326 g/mol. The number of benzene rings is 1. The lowest BCUT2D eigenvalue weighted by molar-refractivity contribution is -0.137. The summed E-state index contributed by atoms with van der Waals surface area (Å²) in [7, 11) is 0. The Balaban J connectivity index is 2.43. The van der Waals surface area contributed by atoms with E-state index in [9.17, 15) is 31.5 Å². The van der Waals surface area contributed by atoms with Gasteiger partial charge in [0.1, 0.15) is 12.3 Å². The van der Waals surface area contributed by atoms with Crippen LogP contribution >= 0.6 is 0 Å². The van der Waals surface area contributed by atoms with Crippen molar-refractivity contribution in [3.8, 4) is 5.75 Å². The largest absolute Gasteiger partial charge is 0.435 e. The van der Waals surface area contributed by atoms with Gasteiger partial charge in [-0.1, -0.05) is 0 Å². The zero-order valence-electron chi connectivity index (χ0n) is 10.9. The Bertz CT molecular complexity index is 516. The van der Waals surface area contributed by atoms with E-state index in [0.717, 1.165) is 12.1 Å². The zero-order chi connectivity index (χ0) is 16.8. The van der Waals surface area contributed by atoms with Crippen molar-refractivity contribution in [3.05, 3.63) is 29.8 Å². The molecule has 122 valence electrons. The van der Waals surface area contributed by atoms with Crippen LogP contribution in [0.3, 0.4) is 0 Å². The Kier molecular flexibility index (Phi) is 6.08. The van der Waals surface area contributed by atoms with Gasteiger partial charge >= 0.3 is 12.8 Å². The molecule has 1 rings (SSSR count). The van der Waals surface area contributed by atoms with Crippen LogP contribution in [0, 0.1) is 0 Å². The molecule has 0 saturated heterocycles. The van der Waals surface area contributed by atoms with Crippen LogP contribution in [0.2, 0.25) is 0 Å². The Morgan fingerprint density at radius 2 is 1.68 bits per heavy atom. The molecule has 0 aliphatic heterocycles. The van der Waals surface area contributed by atoms with Crippen molar-refractivity contribution in [1.82, 2.24) is 10.6 Å². The minimum Gasteiger partial charge on any atom is -0.435 e. The number of hydrogen-bond acceptors (Lipinski definition) is 3. The van der Waals surface area contributed by atoms with Crippen molar-refractivity contribution in [2.24, 2.45) is 0 Å². The molecule has 5 nitrogen and oxygen atoms in total. The van der Waals surface area contributed by atoms with Crippen LogP contribution in [0.5, 0.6) is 5.75 Å². The maximum Gasteiger partial charge on any atom is 0.405 e. The fourth-order valence-electron chi connectivity index (χ4n) is 1.31. The summed E-state index contributed by atoms with van der Waals surface area (Å²) in [6.45, 7) is -5.15. The van der Waals surface area contributed by atoms with E-state index < -0.39 is 37.7 Å². The second-order valence-electron chi connectivity index (χ2n) is 3.98. The van der Waals surface area contributed by atoms with Gasteiger partial charge in [0.2, 0.25) is 5.91 Å². The Hall–Kier alpha value is -2.39. The van der Waals surface area contributed by atoms with E-state index in [0.29, 0.717) is 0 Å². The van der Waals surface area contributed by atoms with Gasteiger partial charge in [0, 0.05) is 5.56 Å². The van der Waals surface area contributed by atoms with Gasteiger partial charge in [0.05, 0.1) is 6.54 Å². The molecule has 1 aromatic carbocycles. The molecule has 0 bridgehead atoms. The van der Waals surface area contributed by atoms with Gasteiger partial charge in [-0.15, -0.1) is 0 Å². The highest BCUT2D eigenvalue weighted by molar-refractivity contribution is 5.96. The summed E-state index contributed by atoms with van der Waals surface area (Å²) in [5.74, 6) is -1.91. The summed E-state index contributed by atoms with van der Waals surface area (Å²) < 4.78 is 63.4. The average Bonchev–Trinajstić information content (AvgIpc) is 2.42. The Labute approximate surface area is 121 Å². The van der Waals surface area contributed by atoms with Crippen molar-refractivity contribution in [2.45, 2.75) is 12.8 Å². The fourth-order valence-corrected chi connectivity index (χ4v) is 1.31. The molecule has 0 aromatic heterocycles. The van der Waals surface area contributed by atoms with E-state index in [1.54, 1.807) is 5.32 Å².